The van der Waals surface area contributed by atoms with E-state index in [1.54, 1.807) is 113 Å². The van der Waals surface area contributed by atoms with Gasteiger partial charge in [-0.3, -0.25) is 4.79 Å². The molecule has 2 aromatic carbocycles. The number of halogens is 1. The van der Waals surface area contributed by atoms with Crippen molar-refractivity contribution in [3.05, 3.63) is 48.3 Å². The van der Waals surface area contributed by atoms with Gasteiger partial charge >= 0.3 is 0 Å². The molecule has 1 aromatic heterocycles. The molecule has 3 rings (SSSR count). The summed E-state index contributed by atoms with van der Waals surface area (Å²) in [5.74, 6) is 0.00457. The van der Waals surface area contributed by atoms with Gasteiger partial charge in [0.2, 0.25) is 5.91 Å². The first-order valence-corrected chi connectivity index (χ1v) is 94.4. The van der Waals surface area contributed by atoms with Crippen molar-refractivity contribution in [3.8, 4) is 11.4 Å². The van der Waals surface area contributed by atoms with E-state index in [1.807, 2.05) is 427 Å². The van der Waals surface area contributed by atoms with Crippen LogP contribution in [0.2, 0.25) is 0 Å². The lowest BCUT2D eigenvalue weighted by atomic mass is 9.95. The number of nitrogens with one attached hydrogen (secondary N) is 2. The molecule has 0 spiro atoms. The van der Waals surface area contributed by atoms with E-state index in [2.05, 4.69) is 15.3 Å². The molecule has 0 radical (unpaired) electrons. The zero-order valence-electron chi connectivity index (χ0n) is 37.4. The molecule has 2 N–H and O–H groups in total. The number of hydrogen-bond acceptors (Lipinski definition) is 4. The Bertz CT molecular complexity index is 5370. The zero-order chi connectivity index (χ0) is 58.9. The highest BCUT2D eigenvalue weighted by atomic mass is 33.5. The average Bonchev–Trinajstić information content (AvgIpc) is 4.15. The third-order valence-electron chi connectivity index (χ3n) is 5.11. The second-order valence-electron chi connectivity index (χ2n) is 10.4. The molecular formula is C18H18FN3OS59. The smallest absolute Gasteiger partial charge is 0.229 e. The van der Waals surface area contributed by atoms with Crippen molar-refractivity contribution in [1.29, 1.82) is 0 Å². The second-order valence-corrected chi connectivity index (χ2v) is 111. The van der Waals surface area contributed by atoms with Gasteiger partial charge in [-0.05, 0) is 30.3 Å². The Kier molecular flexibility index (Phi) is 73.7. The first-order valence-electron chi connectivity index (χ1n) is 17.1. The lowest BCUT2D eigenvalue weighted by Crippen LogP contribution is -2.27. The third kappa shape index (κ3) is 57.1. The molecule has 0 bridgehead atoms. The average molecular weight is 2200 g/mol. The standard InChI is InChI=1S/C18H18FN3O.S59/c1-18(2,3)17(23)22-15-10-11(19)8-9-12(15)16-20-13-6-4-5-7-14(13)21-16;1-3-5-7-9-11-13-15-17-19-21-23-25-27-29-31-33-35-37-39-41-43-45-47-49-51-53-55-57-59-58-56-54-52-50-48-46-44-42-40-38-36-34-32-30-28-26-24-22-20-18-16-14-12-10-8-6-4-2/h4-10H,1-3H3,(H,20,21)(H,22,23);. The number of fused-ring (bicyclic) bond motifs is 1. The summed E-state index contributed by atoms with van der Waals surface area (Å²) in [5, 5.41) is 2.80. The molecule has 0 aliphatic rings. The Morgan fingerprint density at radius 3 is 0.866 bits per heavy atom. The van der Waals surface area contributed by atoms with Crippen LogP contribution in [-0.2, 0) is 533 Å². The van der Waals surface area contributed by atoms with Gasteiger partial charge in [0, 0.05) is 540 Å². The summed E-state index contributed by atoms with van der Waals surface area (Å²) in [5.41, 5.74) is 2.20. The molecule has 1 heterocycles. The molecular weight excluding hydrogens is 2190 g/mol. The van der Waals surface area contributed by atoms with Gasteiger partial charge in [0.1, 0.15) is 11.6 Å². The van der Waals surface area contributed by atoms with Gasteiger partial charge in [0.25, 0.3) is 0 Å². The van der Waals surface area contributed by atoms with Gasteiger partial charge in [-0.15, -0.1) is 0 Å². The maximum Gasteiger partial charge on any atom is 0.229 e. The number of benzene rings is 2. The van der Waals surface area contributed by atoms with Gasteiger partial charge in [-0.1, -0.05) is 32.9 Å². The summed E-state index contributed by atoms with van der Waals surface area (Å²) < 4.78 is 13.6. The summed E-state index contributed by atoms with van der Waals surface area (Å²) in [4.78, 5) is 19.9. The van der Waals surface area contributed by atoms with Crippen molar-refractivity contribution in [2.24, 2.45) is 5.41 Å². The molecule has 0 atom stereocenters. The van der Waals surface area contributed by atoms with Gasteiger partial charge in [0.15, 0.2) is 0 Å². The first kappa shape index (κ1) is 88.4. The van der Waals surface area contributed by atoms with E-state index in [9.17, 15) is 9.18 Å². The molecule has 64 heteroatoms. The normalized spacial score (nSPS) is 8.88. The van der Waals surface area contributed by atoms with Crippen molar-refractivity contribution in [3.63, 3.8) is 0 Å². The van der Waals surface area contributed by atoms with Crippen LogP contribution >= 0.6 is 0 Å². The fourth-order valence-electron chi connectivity index (χ4n) is 2.84. The number of rotatable bonds is 2. The Labute approximate surface area is 644 Å². The third-order valence-corrected chi connectivity index (χ3v) is 130. The van der Waals surface area contributed by atoms with E-state index in [-0.39, 0.29) is 5.91 Å². The molecule has 0 saturated carbocycles. The summed E-state index contributed by atoms with van der Waals surface area (Å²) in [7, 11) is 102. The highest BCUT2D eigenvalue weighted by molar-refractivity contribution is 8.83. The van der Waals surface area contributed by atoms with Crippen molar-refractivity contribution in [2.45, 2.75) is 20.8 Å². The molecule has 0 fully saturated rings. The Hall–Kier alpha value is 10.3. The maximum atomic E-state index is 13.6. The zero-order valence-corrected chi connectivity index (χ0v) is 85.5. The summed E-state index contributed by atoms with van der Waals surface area (Å²) in [6.07, 6.45) is 0. The number of para-hydroxylation sites is 2. The van der Waals surface area contributed by atoms with E-state index in [0.29, 0.717) is 17.1 Å². The number of hydrogen-bond donors (Lipinski definition) is 2. The van der Waals surface area contributed by atoms with Gasteiger partial charge < -0.3 is 10.3 Å². The number of H-pyrrole nitrogens is 1. The van der Waals surface area contributed by atoms with Crippen molar-refractivity contribution >= 4 is 551 Å². The Morgan fingerprint density at radius 2 is 0.634 bits per heavy atom. The lowest BCUT2D eigenvalue weighted by Gasteiger charge is -2.19. The van der Waals surface area contributed by atoms with Crippen LogP contribution in [0.5, 0.6) is 0 Å². The predicted molar refractivity (Wildman–Crippen MR) is 524 cm³/mol. The van der Waals surface area contributed by atoms with Crippen LogP contribution < -0.4 is 5.32 Å². The van der Waals surface area contributed by atoms with E-state index in [0.717, 1.165) is 11.0 Å². The molecule has 472 valence electrons. The van der Waals surface area contributed by atoms with Crippen LogP contribution in [0, 0.1) is 11.2 Å². The number of imidazole rings is 1. The van der Waals surface area contributed by atoms with E-state index >= 15 is 0 Å². The van der Waals surface area contributed by atoms with E-state index in [1.165, 1.54) is 29.9 Å². The minimum Gasteiger partial charge on any atom is -0.338 e. The fraction of sp³-hybridized carbons (Fsp3) is 0.222. The molecule has 0 aliphatic carbocycles. The number of aromatic amines is 1. The molecule has 1 amide bonds. The first-order chi connectivity index (χ1) is 40.3. The van der Waals surface area contributed by atoms with Crippen LogP contribution in [0.25, 0.3) is 22.4 Å². The topological polar surface area (TPSA) is 57.8 Å². The van der Waals surface area contributed by atoms with Crippen LogP contribution in [0.15, 0.2) is 42.5 Å². The fourth-order valence-corrected chi connectivity index (χ4v) is 154. The van der Waals surface area contributed by atoms with Crippen LogP contribution in [0.1, 0.15) is 20.8 Å². The monoisotopic (exact) mass is 2200 g/mol. The largest absolute Gasteiger partial charge is 0.338 e. The quantitative estimate of drug-likeness (QED) is 0.405. The van der Waals surface area contributed by atoms with Crippen LogP contribution in [-0.4, -0.2) is 15.9 Å². The predicted octanol–water partition coefficient (Wildman–Crippen LogP) is 4.21. The highest BCUT2D eigenvalue weighted by Crippen LogP contribution is 2.30. The number of carbonyl (C=O) groups excluding carboxylic acids is 1. The van der Waals surface area contributed by atoms with E-state index < -0.39 is 11.2 Å². The number of aromatic nitrogens is 2. The number of carbonyl (C=O) groups is 1. The summed E-state index contributed by atoms with van der Waals surface area (Å²) in [6, 6.07) is 11.9. The molecule has 0 saturated heterocycles. The molecule has 3 aromatic rings. The molecule has 82 heavy (non-hydrogen) atoms. The SMILES string of the molecule is CC(C)(C)C(=O)Nc1cc(F)ccc1-c1nc2ccccc2[nH]1.S=S=S=S=S=S=S=S=S=S=S=S=S=S=S=S=S=S=S=S=S=S=S=S=S=S=S=S=S=S=S=S=S=S=S=S=S=S=S=S=S=S=S=S=S=S=S=S=S=S=S=S=S=S=S=S=S=S=S. The minimum atomic E-state index is -0.572. The van der Waals surface area contributed by atoms with Gasteiger partial charge in [-0.2, -0.15) is 0 Å². The summed E-state index contributed by atoms with van der Waals surface area (Å²) >= 11 is 9.64. The maximum absolute atomic E-state index is 13.6. The number of nitrogens with zero attached hydrogens (tertiary/aromatic N) is 1. The second kappa shape index (κ2) is 68.4. The van der Waals surface area contributed by atoms with Crippen molar-refractivity contribution in [2.75, 3.05) is 5.32 Å². The number of anilines is 1. The minimum absolute atomic E-state index is 0.180. The van der Waals surface area contributed by atoms with Crippen molar-refractivity contribution < 1.29 is 9.18 Å². The van der Waals surface area contributed by atoms with Gasteiger partial charge in [0.05, 0.1) is 16.7 Å². The molecule has 0 unspecified atom stereocenters. The lowest BCUT2D eigenvalue weighted by molar-refractivity contribution is -0.123. The Balaban J connectivity index is 0.000000815. The van der Waals surface area contributed by atoms with Gasteiger partial charge in [-0.25, -0.2) is 9.37 Å². The van der Waals surface area contributed by atoms with Crippen molar-refractivity contribution in [1.82, 2.24) is 9.97 Å². The van der Waals surface area contributed by atoms with Crippen LogP contribution in [0.4, 0.5) is 10.1 Å². The molecule has 0 aliphatic heterocycles. The highest BCUT2D eigenvalue weighted by Gasteiger charge is 2.23. The number of amides is 1. The van der Waals surface area contributed by atoms with E-state index in [4.69, 9.17) is 22.4 Å². The van der Waals surface area contributed by atoms with Crippen LogP contribution in [0.3, 0.4) is 0 Å². The Morgan fingerprint density at radius 1 is 0.390 bits per heavy atom. The summed E-state index contributed by atoms with van der Waals surface area (Å²) in [6.45, 7) is 5.42. The molecule has 4 nitrogen and oxygen atoms in total.